The van der Waals surface area contributed by atoms with Gasteiger partial charge in [0.1, 0.15) is 11.4 Å². The van der Waals surface area contributed by atoms with Crippen molar-refractivity contribution in [3.05, 3.63) is 39.6 Å². The maximum Gasteiger partial charge on any atom is 0.257 e. The molecule has 3 aliphatic rings. The Morgan fingerprint density at radius 1 is 1.23 bits per heavy atom. The summed E-state index contributed by atoms with van der Waals surface area (Å²) >= 11 is 12.5. The van der Waals surface area contributed by atoms with E-state index in [9.17, 15) is 4.79 Å². The molecule has 0 spiro atoms. The Morgan fingerprint density at radius 2 is 1.94 bits per heavy atom. The van der Waals surface area contributed by atoms with Gasteiger partial charge >= 0.3 is 0 Å². The highest BCUT2D eigenvalue weighted by Crippen LogP contribution is 2.48. The molecule has 0 saturated carbocycles. The van der Waals surface area contributed by atoms with Crippen molar-refractivity contribution in [3.63, 3.8) is 0 Å². The van der Waals surface area contributed by atoms with Gasteiger partial charge in [-0.15, -0.1) is 0 Å². The summed E-state index contributed by atoms with van der Waals surface area (Å²) < 4.78 is 11.6. The third kappa shape index (κ3) is 3.73. The van der Waals surface area contributed by atoms with Crippen molar-refractivity contribution < 1.29 is 14.3 Å². The van der Waals surface area contributed by atoms with Crippen LogP contribution in [0.1, 0.15) is 29.8 Å². The summed E-state index contributed by atoms with van der Waals surface area (Å²) in [5.74, 6) is 0.605. The summed E-state index contributed by atoms with van der Waals surface area (Å²) in [5.41, 5.74) is 3.48. The quantitative estimate of drug-likeness (QED) is 0.637. The van der Waals surface area contributed by atoms with E-state index in [-0.39, 0.29) is 12.2 Å². The molecule has 0 radical (unpaired) electrons. The number of morpholine rings is 1. The van der Waals surface area contributed by atoms with Gasteiger partial charge in [-0.05, 0) is 19.9 Å². The van der Waals surface area contributed by atoms with Gasteiger partial charge in [0.15, 0.2) is 6.29 Å². The van der Waals surface area contributed by atoms with Gasteiger partial charge < -0.3 is 30.3 Å². The second kappa shape index (κ2) is 7.62. The first-order valence-electron chi connectivity index (χ1n) is 10.2. The molecule has 5 rings (SSSR count). The van der Waals surface area contributed by atoms with Crippen LogP contribution in [0.2, 0.25) is 10.0 Å². The van der Waals surface area contributed by atoms with E-state index in [2.05, 4.69) is 20.9 Å². The normalized spacial score (nSPS) is 20.9. The number of rotatable bonds is 3. The summed E-state index contributed by atoms with van der Waals surface area (Å²) in [4.78, 5) is 19.1. The minimum atomic E-state index is -0.400. The first-order chi connectivity index (χ1) is 14.8. The van der Waals surface area contributed by atoms with Crippen molar-refractivity contribution in [2.45, 2.75) is 32.2 Å². The van der Waals surface area contributed by atoms with Gasteiger partial charge in [-0.1, -0.05) is 23.2 Å². The fourth-order valence-electron chi connectivity index (χ4n) is 4.22. The molecule has 1 atom stereocenters. The van der Waals surface area contributed by atoms with E-state index in [4.69, 9.17) is 32.7 Å². The zero-order chi connectivity index (χ0) is 21.8. The molecule has 1 saturated heterocycles. The fraction of sp³-hybridized carbons (Fsp3) is 0.429. The summed E-state index contributed by atoms with van der Waals surface area (Å²) in [6.07, 6.45) is 3.39. The number of fused-ring (bicyclic) bond motifs is 3. The molecular weight excluding hydrogens is 441 g/mol. The molecule has 0 aliphatic carbocycles. The van der Waals surface area contributed by atoms with Gasteiger partial charge in [-0.25, -0.2) is 0 Å². The van der Waals surface area contributed by atoms with Crippen LogP contribution in [0.15, 0.2) is 18.5 Å². The lowest BCUT2D eigenvalue weighted by Crippen LogP contribution is -2.40. The highest BCUT2D eigenvalue weighted by atomic mass is 35.5. The molecule has 3 aliphatic heterocycles. The highest BCUT2D eigenvalue weighted by molar-refractivity contribution is 6.38. The SMILES string of the molecule is CC1(C)Cc2c3c(cc(C(=O)N4CCOCC4)c2O1)NC(Nc1c(Cl)cncc1Cl)N3. The van der Waals surface area contributed by atoms with Crippen molar-refractivity contribution in [2.75, 3.05) is 42.3 Å². The Balaban J connectivity index is 1.48. The van der Waals surface area contributed by atoms with Crippen molar-refractivity contribution in [1.29, 1.82) is 0 Å². The fourth-order valence-corrected chi connectivity index (χ4v) is 4.69. The van der Waals surface area contributed by atoms with Gasteiger partial charge in [-0.3, -0.25) is 9.78 Å². The monoisotopic (exact) mass is 463 g/mol. The Bertz CT molecular complexity index is 1040. The van der Waals surface area contributed by atoms with Crippen molar-refractivity contribution in [3.8, 4) is 5.75 Å². The minimum Gasteiger partial charge on any atom is -0.486 e. The number of pyridine rings is 1. The molecule has 4 heterocycles. The largest absolute Gasteiger partial charge is 0.486 e. The van der Waals surface area contributed by atoms with Crippen LogP contribution >= 0.6 is 23.2 Å². The standard InChI is InChI=1S/C21H23Cl2N5O3/c1-21(2)8-12-16-15(25-20(26-16)27-17-13(22)9-24-10-14(17)23)7-11(18(12)31-21)19(29)28-3-5-30-6-4-28/h7,9-10,20,25-26H,3-6,8H2,1-2H3,(H,24,27). The molecule has 31 heavy (non-hydrogen) atoms. The van der Waals surface area contributed by atoms with E-state index in [0.717, 1.165) is 16.9 Å². The van der Waals surface area contributed by atoms with Crippen molar-refractivity contribution >= 4 is 46.2 Å². The van der Waals surface area contributed by atoms with Gasteiger partial charge in [0, 0.05) is 37.5 Å². The van der Waals surface area contributed by atoms with Gasteiger partial charge in [0.05, 0.1) is 45.9 Å². The molecule has 164 valence electrons. The first-order valence-corrected chi connectivity index (χ1v) is 10.9. The lowest BCUT2D eigenvalue weighted by Gasteiger charge is -2.28. The van der Waals surface area contributed by atoms with E-state index in [0.29, 0.717) is 59.8 Å². The zero-order valence-corrected chi connectivity index (χ0v) is 18.7. The number of nitrogens with one attached hydrogen (secondary N) is 3. The number of ether oxygens (including phenoxy) is 2. The van der Waals surface area contributed by atoms with Crippen LogP contribution in [-0.4, -0.2) is 54.0 Å². The number of aromatic nitrogens is 1. The van der Waals surface area contributed by atoms with Crippen LogP contribution in [0.25, 0.3) is 0 Å². The number of nitrogens with zero attached hydrogens (tertiary/aromatic N) is 2. The number of halogens is 2. The molecule has 1 fully saturated rings. The molecule has 1 unspecified atom stereocenters. The molecule has 0 bridgehead atoms. The number of carbonyl (C=O) groups is 1. The number of carbonyl (C=O) groups excluding carboxylic acids is 1. The zero-order valence-electron chi connectivity index (χ0n) is 17.2. The predicted molar refractivity (Wildman–Crippen MR) is 120 cm³/mol. The van der Waals surface area contributed by atoms with E-state index < -0.39 is 5.60 Å². The topological polar surface area (TPSA) is 87.8 Å². The lowest BCUT2D eigenvalue weighted by molar-refractivity contribution is 0.0298. The molecule has 3 N–H and O–H groups in total. The van der Waals surface area contributed by atoms with Crippen molar-refractivity contribution in [1.82, 2.24) is 9.88 Å². The Labute approximate surface area is 190 Å². The first kappa shape index (κ1) is 20.5. The van der Waals surface area contributed by atoms with Crippen LogP contribution in [0, 0.1) is 0 Å². The lowest BCUT2D eigenvalue weighted by atomic mass is 9.97. The molecular formula is C21H23Cl2N5O3. The van der Waals surface area contributed by atoms with E-state index >= 15 is 0 Å². The average Bonchev–Trinajstić information content (AvgIpc) is 3.29. The summed E-state index contributed by atoms with van der Waals surface area (Å²) in [5, 5.41) is 10.9. The second-order valence-electron chi connectivity index (χ2n) is 8.44. The molecule has 8 nitrogen and oxygen atoms in total. The summed E-state index contributed by atoms with van der Waals surface area (Å²) in [6.45, 7) is 6.29. The predicted octanol–water partition coefficient (Wildman–Crippen LogP) is 3.81. The maximum absolute atomic E-state index is 13.3. The summed E-state index contributed by atoms with van der Waals surface area (Å²) in [6, 6.07) is 1.86. The Hall–Kier alpha value is -2.42. The molecule has 1 aromatic carbocycles. The average molecular weight is 464 g/mol. The van der Waals surface area contributed by atoms with Crippen LogP contribution in [0.4, 0.5) is 17.1 Å². The molecule has 10 heteroatoms. The number of benzene rings is 1. The van der Waals surface area contributed by atoms with Crippen LogP contribution in [-0.2, 0) is 11.2 Å². The number of amides is 1. The van der Waals surface area contributed by atoms with Crippen molar-refractivity contribution in [2.24, 2.45) is 0 Å². The van der Waals surface area contributed by atoms with Crippen LogP contribution < -0.4 is 20.7 Å². The van der Waals surface area contributed by atoms with E-state index in [1.165, 1.54) is 12.4 Å². The molecule has 2 aromatic rings. The third-order valence-electron chi connectivity index (χ3n) is 5.62. The third-order valence-corrected chi connectivity index (χ3v) is 6.19. The summed E-state index contributed by atoms with van der Waals surface area (Å²) in [7, 11) is 0. The van der Waals surface area contributed by atoms with Crippen LogP contribution in [0.5, 0.6) is 5.75 Å². The maximum atomic E-state index is 13.3. The van der Waals surface area contributed by atoms with E-state index in [1.54, 1.807) is 0 Å². The number of anilines is 3. The van der Waals surface area contributed by atoms with Gasteiger partial charge in [0.2, 0.25) is 0 Å². The Kier molecular flexibility index (Phi) is 5.03. The van der Waals surface area contributed by atoms with Crippen LogP contribution in [0.3, 0.4) is 0 Å². The Morgan fingerprint density at radius 3 is 2.65 bits per heavy atom. The van der Waals surface area contributed by atoms with Gasteiger partial charge in [-0.2, -0.15) is 0 Å². The molecule has 1 amide bonds. The minimum absolute atomic E-state index is 0.0431. The smallest absolute Gasteiger partial charge is 0.257 e. The highest BCUT2D eigenvalue weighted by Gasteiger charge is 2.40. The number of hydrogen-bond donors (Lipinski definition) is 3. The number of hydrogen-bond acceptors (Lipinski definition) is 7. The second-order valence-corrected chi connectivity index (χ2v) is 9.26. The molecule has 1 aromatic heterocycles. The van der Waals surface area contributed by atoms with Gasteiger partial charge in [0.25, 0.3) is 5.91 Å². The van der Waals surface area contributed by atoms with E-state index in [1.807, 2.05) is 24.8 Å².